The molecule has 2 nitrogen and oxygen atoms in total. The van der Waals surface area contributed by atoms with Crippen LogP contribution < -0.4 is 10.6 Å². The fraction of sp³-hybridized carbons (Fsp3) is 0.308. The van der Waals surface area contributed by atoms with E-state index in [0.29, 0.717) is 0 Å². The molecule has 0 bridgehead atoms. The van der Waals surface area contributed by atoms with E-state index in [4.69, 9.17) is 0 Å². The number of rotatable bonds is 10. The summed E-state index contributed by atoms with van der Waals surface area (Å²) in [5.41, 5.74) is 8.17. The predicted octanol–water partition coefficient (Wildman–Crippen LogP) is 4.97. The van der Waals surface area contributed by atoms with Crippen molar-refractivity contribution in [1.29, 1.82) is 0 Å². The minimum atomic E-state index is 0.935. The van der Waals surface area contributed by atoms with Gasteiger partial charge >= 0.3 is 0 Å². The summed E-state index contributed by atoms with van der Waals surface area (Å²) in [4.78, 5) is 0. The fourth-order valence-corrected chi connectivity index (χ4v) is 3.52. The van der Waals surface area contributed by atoms with Gasteiger partial charge in [0.25, 0.3) is 0 Å². The first-order chi connectivity index (χ1) is 13.7. The van der Waals surface area contributed by atoms with E-state index >= 15 is 0 Å². The van der Waals surface area contributed by atoms with Crippen LogP contribution in [-0.2, 0) is 25.9 Å². The van der Waals surface area contributed by atoms with Gasteiger partial charge in [-0.05, 0) is 62.0 Å². The van der Waals surface area contributed by atoms with Crippen LogP contribution >= 0.6 is 0 Å². The van der Waals surface area contributed by atoms with Gasteiger partial charge in [0.15, 0.2) is 0 Å². The van der Waals surface area contributed by atoms with Crippen LogP contribution in [0.25, 0.3) is 0 Å². The molecule has 0 aliphatic heterocycles. The van der Waals surface area contributed by atoms with Crippen LogP contribution in [0.2, 0.25) is 0 Å². The van der Waals surface area contributed by atoms with Gasteiger partial charge in [-0.1, -0.05) is 83.9 Å². The lowest BCUT2D eigenvalue weighted by atomic mass is 10.1. The first-order valence-corrected chi connectivity index (χ1v) is 10.3. The maximum absolute atomic E-state index is 3.56. The summed E-state index contributed by atoms with van der Waals surface area (Å²) in [5.74, 6) is 0. The molecular formula is C26H32N2. The SMILES string of the molecule is Cc1cccc(CNCCc2cccc(CCNCc3cccc(C)c3)c2)c1. The number of hydrogen-bond donors (Lipinski definition) is 2. The van der Waals surface area contributed by atoms with Crippen LogP contribution in [0, 0.1) is 13.8 Å². The van der Waals surface area contributed by atoms with Crippen molar-refractivity contribution in [1.82, 2.24) is 10.6 Å². The van der Waals surface area contributed by atoms with Gasteiger partial charge in [0, 0.05) is 13.1 Å². The van der Waals surface area contributed by atoms with Gasteiger partial charge in [0.05, 0.1) is 0 Å². The smallest absolute Gasteiger partial charge is 0.0205 e. The molecule has 0 spiro atoms. The number of nitrogens with one attached hydrogen (secondary N) is 2. The van der Waals surface area contributed by atoms with Gasteiger partial charge in [-0.2, -0.15) is 0 Å². The Morgan fingerprint density at radius 1 is 0.536 bits per heavy atom. The number of aryl methyl sites for hydroxylation is 2. The van der Waals surface area contributed by atoms with Gasteiger partial charge in [-0.3, -0.25) is 0 Å². The van der Waals surface area contributed by atoms with E-state index in [9.17, 15) is 0 Å². The monoisotopic (exact) mass is 372 g/mol. The van der Waals surface area contributed by atoms with Crippen LogP contribution in [0.1, 0.15) is 33.4 Å². The summed E-state index contributed by atoms with van der Waals surface area (Å²) in [5, 5.41) is 7.12. The second-order valence-electron chi connectivity index (χ2n) is 7.65. The molecule has 3 aromatic rings. The Morgan fingerprint density at radius 3 is 1.43 bits per heavy atom. The Balaban J connectivity index is 1.37. The molecule has 0 saturated carbocycles. The molecule has 0 heterocycles. The molecule has 28 heavy (non-hydrogen) atoms. The first kappa shape index (κ1) is 20.3. The molecule has 3 rings (SSSR count). The third-order valence-electron chi connectivity index (χ3n) is 5.00. The summed E-state index contributed by atoms with van der Waals surface area (Å²) in [7, 11) is 0. The summed E-state index contributed by atoms with van der Waals surface area (Å²) >= 11 is 0. The third kappa shape index (κ3) is 6.95. The maximum Gasteiger partial charge on any atom is 0.0205 e. The summed E-state index contributed by atoms with van der Waals surface area (Å²) in [6.07, 6.45) is 2.13. The van der Waals surface area contributed by atoms with Crippen molar-refractivity contribution in [3.8, 4) is 0 Å². The highest BCUT2D eigenvalue weighted by Crippen LogP contribution is 2.08. The standard InChI is InChI=1S/C26H32N2/c1-21-6-3-10-25(16-21)19-27-14-12-23-8-5-9-24(18-23)13-15-28-20-26-11-4-7-22(2)17-26/h3-11,16-18,27-28H,12-15,19-20H2,1-2H3. The lowest BCUT2D eigenvalue weighted by Crippen LogP contribution is -2.17. The molecule has 0 aliphatic carbocycles. The Bertz CT molecular complexity index is 801. The topological polar surface area (TPSA) is 24.1 Å². The van der Waals surface area contributed by atoms with Crippen LogP contribution in [0.15, 0.2) is 72.8 Å². The van der Waals surface area contributed by atoms with Gasteiger partial charge in [-0.15, -0.1) is 0 Å². The third-order valence-corrected chi connectivity index (χ3v) is 5.00. The lowest BCUT2D eigenvalue weighted by molar-refractivity contribution is 0.680. The first-order valence-electron chi connectivity index (χ1n) is 10.3. The minimum absolute atomic E-state index is 0.935. The van der Waals surface area contributed by atoms with Crippen LogP contribution in [0.5, 0.6) is 0 Å². The second-order valence-corrected chi connectivity index (χ2v) is 7.65. The zero-order valence-electron chi connectivity index (χ0n) is 17.2. The molecule has 0 fully saturated rings. The zero-order valence-corrected chi connectivity index (χ0v) is 17.2. The van der Waals surface area contributed by atoms with Gasteiger partial charge in [-0.25, -0.2) is 0 Å². The number of benzene rings is 3. The molecule has 3 aromatic carbocycles. The van der Waals surface area contributed by atoms with Crippen molar-refractivity contribution in [3.63, 3.8) is 0 Å². The molecule has 146 valence electrons. The lowest BCUT2D eigenvalue weighted by Gasteiger charge is -2.09. The van der Waals surface area contributed by atoms with Crippen molar-refractivity contribution in [3.05, 3.63) is 106 Å². The molecule has 0 atom stereocenters. The molecule has 0 saturated heterocycles. The normalized spacial score (nSPS) is 10.9. The van der Waals surface area contributed by atoms with Crippen LogP contribution in [0.3, 0.4) is 0 Å². The predicted molar refractivity (Wildman–Crippen MR) is 120 cm³/mol. The Kier molecular flexibility index (Phi) is 7.83. The Labute approximate surface area is 170 Å². The molecule has 0 aromatic heterocycles. The Hall–Kier alpha value is -2.42. The van der Waals surface area contributed by atoms with Crippen LogP contribution in [-0.4, -0.2) is 13.1 Å². The van der Waals surface area contributed by atoms with E-state index in [-0.39, 0.29) is 0 Å². The average molecular weight is 373 g/mol. The van der Waals surface area contributed by atoms with E-state index in [0.717, 1.165) is 39.0 Å². The summed E-state index contributed by atoms with van der Waals surface area (Å²) in [6.45, 7) is 8.16. The maximum atomic E-state index is 3.56. The molecule has 0 radical (unpaired) electrons. The van der Waals surface area contributed by atoms with Gasteiger partial charge in [0.1, 0.15) is 0 Å². The van der Waals surface area contributed by atoms with Crippen molar-refractivity contribution in [2.24, 2.45) is 0 Å². The fourth-order valence-electron chi connectivity index (χ4n) is 3.52. The summed E-state index contributed by atoms with van der Waals surface area (Å²) in [6, 6.07) is 26.4. The molecular weight excluding hydrogens is 340 g/mol. The van der Waals surface area contributed by atoms with Crippen molar-refractivity contribution in [2.75, 3.05) is 13.1 Å². The molecule has 0 unspecified atom stereocenters. The second kappa shape index (κ2) is 10.8. The molecule has 2 heteroatoms. The minimum Gasteiger partial charge on any atom is -0.312 e. The summed E-state index contributed by atoms with van der Waals surface area (Å²) < 4.78 is 0. The van der Waals surface area contributed by atoms with Crippen molar-refractivity contribution < 1.29 is 0 Å². The zero-order chi connectivity index (χ0) is 19.6. The van der Waals surface area contributed by atoms with Gasteiger partial charge in [0.2, 0.25) is 0 Å². The van der Waals surface area contributed by atoms with E-state index in [1.165, 1.54) is 33.4 Å². The van der Waals surface area contributed by atoms with Crippen LogP contribution in [0.4, 0.5) is 0 Å². The van der Waals surface area contributed by atoms with Crippen molar-refractivity contribution >= 4 is 0 Å². The molecule has 2 N–H and O–H groups in total. The van der Waals surface area contributed by atoms with E-state index in [2.05, 4.69) is 97.3 Å². The number of hydrogen-bond acceptors (Lipinski definition) is 2. The average Bonchev–Trinajstić information content (AvgIpc) is 2.69. The van der Waals surface area contributed by atoms with E-state index in [1.54, 1.807) is 0 Å². The molecule has 0 amide bonds. The van der Waals surface area contributed by atoms with Crippen molar-refractivity contribution in [2.45, 2.75) is 39.8 Å². The van der Waals surface area contributed by atoms with E-state index < -0.39 is 0 Å². The van der Waals surface area contributed by atoms with Gasteiger partial charge < -0.3 is 10.6 Å². The highest BCUT2D eigenvalue weighted by Gasteiger charge is 1.99. The molecule has 0 aliphatic rings. The Morgan fingerprint density at radius 2 is 0.964 bits per heavy atom. The highest BCUT2D eigenvalue weighted by atomic mass is 14.8. The van der Waals surface area contributed by atoms with E-state index in [1.807, 2.05) is 0 Å². The highest BCUT2D eigenvalue weighted by molar-refractivity contribution is 5.25. The largest absolute Gasteiger partial charge is 0.312 e. The quantitative estimate of drug-likeness (QED) is 0.491.